The third-order valence-electron chi connectivity index (χ3n) is 4.95. The summed E-state index contributed by atoms with van der Waals surface area (Å²) in [5.74, 6) is -1.03. The van der Waals surface area contributed by atoms with E-state index in [4.69, 9.17) is 5.11 Å². The zero-order valence-electron chi connectivity index (χ0n) is 15.4. The SMILES string of the molecule is O=C(O)CCC(=O)c1cccc(NS(=O)(=O)CCC2Cc3ccccc3C2)c1. The number of carbonyl (C=O) groups is 2. The van der Waals surface area contributed by atoms with E-state index in [1.807, 2.05) is 12.1 Å². The highest BCUT2D eigenvalue weighted by Crippen LogP contribution is 2.29. The molecular weight excluding hydrogens is 378 g/mol. The molecule has 0 heterocycles. The largest absolute Gasteiger partial charge is 0.481 e. The Morgan fingerprint density at radius 3 is 2.32 bits per heavy atom. The lowest BCUT2D eigenvalue weighted by Crippen LogP contribution is -2.19. The fourth-order valence-electron chi connectivity index (χ4n) is 3.53. The summed E-state index contributed by atoms with van der Waals surface area (Å²) in [4.78, 5) is 22.6. The Hall–Kier alpha value is -2.67. The first-order valence-corrected chi connectivity index (χ1v) is 10.9. The molecule has 2 aromatic carbocycles. The van der Waals surface area contributed by atoms with Crippen LogP contribution >= 0.6 is 0 Å². The van der Waals surface area contributed by atoms with Gasteiger partial charge in [0.1, 0.15) is 0 Å². The van der Waals surface area contributed by atoms with E-state index in [0.29, 0.717) is 23.6 Å². The van der Waals surface area contributed by atoms with Gasteiger partial charge in [0.15, 0.2) is 5.78 Å². The second-order valence-corrected chi connectivity index (χ2v) is 8.99. The van der Waals surface area contributed by atoms with E-state index in [-0.39, 0.29) is 24.4 Å². The Morgan fingerprint density at radius 1 is 1.00 bits per heavy atom. The first-order chi connectivity index (χ1) is 13.3. The molecule has 0 aromatic heterocycles. The third-order valence-corrected chi connectivity index (χ3v) is 6.27. The molecule has 7 heteroatoms. The molecule has 0 atom stereocenters. The molecule has 1 aliphatic carbocycles. The highest BCUT2D eigenvalue weighted by molar-refractivity contribution is 7.92. The van der Waals surface area contributed by atoms with Gasteiger partial charge < -0.3 is 5.11 Å². The highest BCUT2D eigenvalue weighted by atomic mass is 32.2. The van der Waals surface area contributed by atoms with E-state index in [9.17, 15) is 18.0 Å². The van der Waals surface area contributed by atoms with E-state index in [0.717, 1.165) is 12.8 Å². The number of carboxylic acids is 1. The molecule has 1 aliphatic rings. The molecule has 2 N–H and O–H groups in total. The van der Waals surface area contributed by atoms with Gasteiger partial charge in [0, 0.05) is 17.7 Å². The van der Waals surface area contributed by atoms with Crippen LogP contribution in [0.15, 0.2) is 48.5 Å². The van der Waals surface area contributed by atoms with E-state index in [1.165, 1.54) is 17.2 Å². The predicted molar refractivity (Wildman–Crippen MR) is 107 cm³/mol. The summed E-state index contributed by atoms with van der Waals surface area (Å²) in [5.41, 5.74) is 3.21. The van der Waals surface area contributed by atoms with Crippen molar-refractivity contribution in [3.05, 3.63) is 65.2 Å². The molecule has 0 saturated heterocycles. The Morgan fingerprint density at radius 2 is 1.68 bits per heavy atom. The number of anilines is 1. The van der Waals surface area contributed by atoms with E-state index >= 15 is 0 Å². The standard InChI is InChI=1S/C21H23NO5S/c23-20(8-9-21(24)25)18-6-3-7-19(14-18)22-28(26,27)11-10-15-12-16-4-1-2-5-17(16)13-15/h1-7,14-15,22H,8-13H2,(H,24,25). The molecule has 0 fully saturated rings. The lowest BCUT2D eigenvalue weighted by Gasteiger charge is -2.12. The monoisotopic (exact) mass is 401 g/mol. The van der Waals surface area contributed by atoms with Gasteiger partial charge >= 0.3 is 5.97 Å². The molecule has 6 nitrogen and oxygen atoms in total. The topological polar surface area (TPSA) is 101 Å². The first-order valence-electron chi connectivity index (χ1n) is 9.25. The summed E-state index contributed by atoms with van der Waals surface area (Å²) < 4.78 is 27.4. The number of hydrogen-bond donors (Lipinski definition) is 2. The summed E-state index contributed by atoms with van der Waals surface area (Å²) in [7, 11) is -3.53. The molecule has 0 spiro atoms. The smallest absolute Gasteiger partial charge is 0.303 e. The Kier molecular flexibility index (Phi) is 6.14. The summed E-state index contributed by atoms with van der Waals surface area (Å²) in [6.45, 7) is 0. The predicted octanol–water partition coefficient (Wildman–Crippen LogP) is 3.28. The number of hydrogen-bond acceptors (Lipinski definition) is 4. The zero-order valence-corrected chi connectivity index (χ0v) is 16.2. The van der Waals surface area contributed by atoms with Crippen LogP contribution in [0, 0.1) is 5.92 Å². The normalized spacial score (nSPS) is 13.9. The fraction of sp³-hybridized carbons (Fsp3) is 0.333. The lowest BCUT2D eigenvalue weighted by atomic mass is 10.0. The summed E-state index contributed by atoms with van der Waals surface area (Å²) in [6, 6.07) is 14.4. The summed E-state index contributed by atoms with van der Waals surface area (Å²) >= 11 is 0. The number of ketones is 1. The second-order valence-electron chi connectivity index (χ2n) is 7.15. The maximum absolute atomic E-state index is 12.5. The average Bonchev–Trinajstić information content (AvgIpc) is 3.07. The fourth-order valence-corrected chi connectivity index (χ4v) is 4.76. The second kappa shape index (κ2) is 8.56. The van der Waals surface area contributed by atoms with Gasteiger partial charge in [-0.15, -0.1) is 0 Å². The molecule has 0 unspecified atom stereocenters. The van der Waals surface area contributed by atoms with Gasteiger partial charge in [-0.3, -0.25) is 14.3 Å². The number of benzene rings is 2. The van der Waals surface area contributed by atoms with Crippen molar-refractivity contribution in [3.8, 4) is 0 Å². The zero-order chi connectivity index (χ0) is 20.1. The summed E-state index contributed by atoms with van der Waals surface area (Å²) in [6.07, 6.45) is 2.01. The minimum atomic E-state index is -3.53. The number of carboxylic acid groups (broad SMARTS) is 1. The number of sulfonamides is 1. The van der Waals surface area contributed by atoms with Gasteiger partial charge in [0.05, 0.1) is 12.2 Å². The number of Topliss-reactive ketones (excluding diaryl/α,β-unsaturated/α-hetero) is 1. The minimum Gasteiger partial charge on any atom is -0.481 e. The van der Waals surface area contributed by atoms with Crippen molar-refractivity contribution in [2.45, 2.75) is 32.1 Å². The van der Waals surface area contributed by atoms with Crippen LogP contribution in [0.2, 0.25) is 0 Å². The number of aliphatic carboxylic acids is 1. The van der Waals surface area contributed by atoms with Crippen molar-refractivity contribution in [2.75, 3.05) is 10.5 Å². The molecule has 0 saturated carbocycles. The molecule has 148 valence electrons. The minimum absolute atomic E-state index is 0.0167. The molecule has 0 bridgehead atoms. The first kappa shape index (κ1) is 20.1. The van der Waals surface area contributed by atoms with E-state index in [1.54, 1.807) is 18.2 Å². The van der Waals surface area contributed by atoms with E-state index < -0.39 is 16.0 Å². The van der Waals surface area contributed by atoms with Gasteiger partial charge in [-0.1, -0.05) is 36.4 Å². The van der Waals surface area contributed by atoms with Gasteiger partial charge in [-0.05, 0) is 48.4 Å². The van der Waals surface area contributed by atoms with Gasteiger partial charge in [0.2, 0.25) is 10.0 Å². The van der Waals surface area contributed by atoms with Crippen LogP contribution in [0.5, 0.6) is 0 Å². The molecule has 3 rings (SSSR count). The van der Waals surface area contributed by atoms with Crippen molar-refractivity contribution < 1.29 is 23.1 Å². The van der Waals surface area contributed by atoms with Crippen molar-refractivity contribution in [1.82, 2.24) is 0 Å². The van der Waals surface area contributed by atoms with Gasteiger partial charge in [0.25, 0.3) is 0 Å². The van der Waals surface area contributed by atoms with Gasteiger partial charge in [-0.2, -0.15) is 0 Å². The van der Waals surface area contributed by atoms with Crippen LogP contribution in [0.3, 0.4) is 0 Å². The average molecular weight is 401 g/mol. The van der Waals surface area contributed by atoms with Crippen LogP contribution in [0.25, 0.3) is 0 Å². The summed E-state index contributed by atoms with van der Waals surface area (Å²) in [5, 5.41) is 8.68. The maximum atomic E-state index is 12.5. The lowest BCUT2D eigenvalue weighted by molar-refractivity contribution is -0.136. The number of rotatable bonds is 9. The number of carbonyl (C=O) groups excluding carboxylic acids is 1. The van der Waals surface area contributed by atoms with Crippen LogP contribution in [0.4, 0.5) is 5.69 Å². The molecular formula is C21H23NO5S. The van der Waals surface area contributed by atoms with E-state index in [2.05, 4.69) is 16.9 Å². The quantitative estimate of drug-likeness (QED) is 0.628. The Balaban J connectivity index is 1.56. The Labute approximate surface area is 164 Å². The van der Waals surface area contributed by atoms with Crippen molar-refractivity contribution in [2.24, 2.45) is 5.92 Å². The van der Waals surface area contributed by atoms with Crippen molar-refractivity contribution in [3.63, 3.8) is 0 Å². The number of nitrogens with one attached hydrogen (secondary N) is 1. The molecule has 0 radical (unpaired) electrons. The van der Waals surface area contributed by atoms with Crippen LogP contribution in [0.1, 0.15) is 40.7 Å². The van der Waals surface area contributed by atoms with Crippen LogP contribution in [-0.4, -0.2) is 31.0 Å². The third kappa shape index (κ3) is 5.42. The molecule has 0 amide bonds. The van der Waals surface area contributed by atoms with Crippen LogP contribution < -0.4 is 4.72 Å². The van der Waals surface area contributed by atoms with Crippen LogP contribution in [-0.2, 0) is 27.7 Å². The highest BCUT2D eigenvalue weighted by Gasteiger charge is 2.23. The maximum Gasteiger partial charge on any atom is 0.303 e. The Bertz CT molecular complexity index is 959. The van der Waals surface area contributed by atoms with Crippen molar-refractivity contribution >= 4 is 27.5 Å². The molecule has 28 heavy (non-hydrogen) atoms. The number of fused-ring (bicyclic) bond motifs is 1. The van der Waals surface area contributed by atoms with Gasteiger partial charge in [-0.25, -0.2) is 8.42 Å². The molecule has 0 aliphatic heterocycles. The van der Waals surface area contributed by atoms with Crippen molar-refractivity contribution in [1.29, 1.82) is 0 Å². The molecule has 2 aromatic rings.